The van der Waals surface area contributed by atoms with Gasteiger partial charge in [0.2, 0.25) is 0 Å². The molecule has 2 aromatic rings. The Balaban J connectivity index is 1.94. The number of rotatable bonds is 3. The van der Waals surface area contributed by atoms with Crippen molar-refractivity contribution in [1.29, 1.82) is 0 Å². The first-order valence-corrected chi connectivity index (χ1v) is 5.32. The molecule has 74 valence electrons. The Hall–Kier alpha value is -1.07. The Bertz CT molecular complexity index is 382. The zero-order chi connectivity index (χ0) is 9.97. The number of nitrogens with zero attached hydrogens (tertiary/aromatic N) is 3. The summed E-state index contributed by atoms with van der Waals surface area (Å²) < 4.78 is 1.75. The maximum atomic E-state index is 5.70. The highest BCUT2D eigenvalue weighted by Crippen LogP contribution is 2.15. The van der Waals surface area contributed by atoms with Crippen molar-refractivity contribution in [2.24, 2.45) is 7.05 Å². The van der Waals surface area contributed by atoms with Crippen molar-refractivity contribution in [2.45, 2.75) is 6.54 Å². The number of aryl methyl sites for hydroxylation is 1. The van der Waals surface area contributed by atoms with Gasteiger partial charge in [0.15, 0.2) is 0 Å². The van der Waals surface area contributed by atoms with E-state index in [9.17, 15) is 0 Å². The van der Waals surface area contributed by atoms with Crippen LogP contribution in [0, 0.1) is 0 Å². The summed E-state index contributed by atoms with van der Waals surface area (Å²) in [6.45, 7) is 0.684. The van der Waals surface area contributed by atoms with Crippen LogP contribution < -0.4 is 5.32 Å². The largest absolute Gasteiger partial charge is 0.376 e. The second kappa shape index (κ2) is 3.98. The molecule has 2 aromatic heterocycles. The molecule has 0 amide bonds. The first kappa shape index (κ1) is 9.48. The molecule has 14 heavy (non-hydrogen) atoms. The number of anilines is 1. The van der Waals surface area contributed by atoms with E-state index in [-0.39, 0.29) is 0 Å². The Kier molecular flexibility index (Phi) is 2.69. The van der Waals surface area contributed by atoms with Crippen molar-refractivity contribution in [3.8, 4) is 0 Å². The number of halogens is 1. The summed E-state index contributed by atoms with van der Waals surface area (Å²) in [6, 6.07) is 0. The number of hydrogen-bond acceptors (Lipinski definition) is 4. The monoisotopic (exact) mass is 228 g/mol. The lowest BCUT2D eigenvalue weighted by Crippen LogP contribution is -1.97. The molecule has 2 heterocycles. The van der Waals surface area contributed by atoms with Crippen molar-refractivity contribution in [1.82, 2.24) is 14.8 Å². The third-order valence-electron chi connectivity index (χ3n) is 1.67. The van der Waals surface area contributed by atoms with E-state index >= 15 is 0 Å². The molecule has 0 fully saturated rings. The van der Waals surface area contributed by atoms with Gasteiger partial charge in [0.25, 0.3) is 0 Å². The van der Waals surface area contributed by atoms with Crippen LogP contribution in [0.3, 0.4) is 0 Å². The smallest absolute Gasteiger partial charge is 0.140 e. The minimum atomic E-state index is 0.554. The topological polar surface area (TPSA) is 42.7 Å². The molecule has 0 aliphatic rings. The summed E-state index contributed by atoms with van der Waals surface area (Å²) in [6.07, 6.45) is 3.68. The minimum Gasteiger partial charge on any atom is -0.376 e. The SMILES string of the molecule is Cn1cc(NCc2nc(Cl)cs2)cn1. The van der Waals surface area contributed by atoms with Gasteiger partial charge >= 0.3 is 0 Å². The van der Waals surface area contributed by atoms with Gasteiger partial charge in [-0.15, -0.1) is 11.3 Å². The van der Waals surface area contributed by atoms with E-state index in [1.54, 1.807) is 22.2 Å². The summed E-state index contributed by atoms with van der Waals surface area (Å²) in [4.78, 5) is 4.13. The maximum absolute atomic E-state index is 5.70. The molecule has 0 bridgehead atoms. The van der Waals surface area contributed by atoms with E-state index in [1.807, 2.05) is 18.6 Å². The van der Waals surface area contributed by atoms with Crippen molar-refractivity contribution < 1.29 is 0 Å². The van der Waals surface area contributed by atoms with E-state index in [2.05, 4.69) is 15.4 Å². The quantitative estimate of drug-likeness (QED) is 0.876. The van der Waals surface area contributed by atoms with Gasteiger partial charge in [-0.3, -0.25) is 4.68 Å². The Morgan fingerprint density at radius 3 is 3.07 bits per heavy atom. The van der Waals surface area contributed by atoms with E-state index in [0.29, 0.717) is 11.7 Å². The average Bonchev–Trinajstić information content (AvgIpc) is 2.72. The highest BCUT2D eigenvalue weighted by molar-refractivity contribution is 7.10. The Morgan fingerprint density at radius 2 is 2.50 bits per heavy atom. The van der Waals surface area contributed by atoms with E-state index in [0.717, 1.165) is 10.7 Å². The molecular weight excluding hydrogens is 220 g/mol. The number of hydrogen-bond donors (Lipinski definition) is 1. The molecule has 0 saturated carbocycles. The summed E-state index contributed by atoms with van der Waals surface area (Å²) in [7, 11) is 1.88. The molecule has 0 saturated heterocycles. The Labute approximate surface area is 90.5 Å². The second-order valence-electron chi connectivity index (χ2n) is 2.82. The number of nitrogens with one attached hydrogen (secondary N) is 1. The minimum absolute atomic E-state index is 0.554. The van der Waals surface area contributed by atoms with Crippen LogP contribution in [-0.4, -0.2) is 14.8 Å². The van der Waals surface area contributed by atoms with Crippen LogP contribution in [0.5, 0.6) is 0 Å². The second-order valence-corrected chi connectivity index (χ2v) is 4.15. The molecule has 6 heteroatoms. The molecule has 0 aliphatic carbocycles. The molecule has 0 atom stereocenters. The zero-order valence-electron chi connectivity index (χ0n) is 7.57. The fourth-order valence-electron chi connectivity index (χ4n) is 1.06. The van der Waals surface area contributed by atoms with Gasteiger partial charge in [0, 0.05) is 18.6 Å². The first-order chi connectivity index (χ1) is 6.74. The highest BCUT2D eigenvalue weighted by Gasteiger charge is 2.00. The molecule has 4 nitrogen and oxygen atoms in total. The van der Waals surface area contributed by atoms with Crippen molar-refractivity contribution in [2.75, 3.05) is 5.32 Å². The molecule has 0 radical (unpaired) electrons. The number of aromatic nitrogens is 3. The van der Waals surface area contributed by atoms with Crippen LogP contribution in [0.1, 0.15) is 5.01 Å². The fraction of sp³-hybridized carbons (Fsp3) is 0.250. The standard InChI is InChI=1S/C8H9ClN4S/c1-13-4-6(2-11-13)10-3-8-12-7(9)5-14-8/h2,4-5,10H,3H2,1H3. The molecular formula is C8H9ClN4S. The number of thiazole rings is 1. The van der Waals surface area contributed by atoms with Crippen molar-refractivity contribution in [3.05, 3.63) is 27.9 Å². The first-order valence-electron chi connectivity index (χ1n) is 4.06. The van der Waals surface area contributed by atoms with Gasteiger partial charge in [-0.25, -0.2) is 4.98 Å². The van der Waals surface area contributed by atoms with Gasteiger partial charge < -0.3 is 5.32 Å². The van der Waals surface area contributed by atoms with E-state index < -0.39 is 0 Å². The van der Waals surface area contributed by atoms with Gasteiger partial charge in [-0.1, -0.05) is 11.6 Å². The normalized spacial score (nSPS) is 10.4. The van der Waals surface area contributed by atoms with Gasteiger partial charge in [0.05, 0.1) is 18.4 Å². The van der Waals surface area contributed by atoms with Gasteiger partial charge in [-0.05, 0) is 0 Å². The average molecular weight is 229 g/mol. The van der Waals surface area contributed by atoms with Gasteiger partial charge in [0.1, 0.15) is 10.2 Å². The Morgan fingerprint density at radius 1 is 1.64 bits per heavy atom. The maximum Gasteiger partial charge on any atom is 0.140 e. The molecule has 0 unspecified atom stereocenters. The third kappa shape index (κ3) is 2.24. The molecule has 1 N–H and O–H groups in total. The van der Waals surface area contributed by atoms with Crippen molar-refractivity contribution in [3.63, 3.8) is 0 Å². The summed E-state index contributed by atoms with van der Waals surface area (Å²) in [5, 5.41) is 10.6. The lowest BCUT2D eigenvalue weighted by molar-refractivity contribution is 0.768. The summed E-state index contributed by atoms with van der Waals surface area (Å²) in [5.41, 5.74) is 0.985. The van der Waals surface area contributed by atoms with Crippen LogP contribution in [0.4, 0.5) is 5.69 Å². The predicted octanol–water partition coefficient (Wildman–Crippen LogP) is 2.14. The third-order valence-corrected chi connectivity index (χ3v) is 2.84. The highest BCUT2D eigenvalue weighted by atomic mass is 35.5. The lowest BCUT2D eigenvalue weighted by atomic mass is 10.5. The van der Waals surface area contributed by atoms with Crippen molar-refractivity contribution >= 4 is 28.6 Å². The lowest BCUT2D eigenvalue weighted by Gasteiger charge is -1.98. The van der Waals surface area contributed by atoms with Gasteiger partial charge in [-0.2, -0.15) is 5.10 Å². The molecule has 0 aromatic carbocycles. The van der Waals surface area contributed by atoms with Crippen LogP contribution in [0.2, 0.25) is 5.15 Å². The summed E-state index contributed by atoms with van der Waals surface area (Å²) >= 11 is 7.24. The van der Waals surface area contributed by atoms with E-state index in [4.69, 9.17) is 11.6 Å². The van der Waals surface area contributed by atoms with Crippen LogP contribution >= 0.6 is 22.9 Å². The zero-order valence-corrected chi connectivity index (χ0v) is 9.14. The molecule has 0 aliphatic heterocycles. The van der Waals surface area contributed by atoms with Crippen LogP contribution in [0.25, 0.3) is 0 Å². The van der Waals surface area contributed by atoms with Crippen LogP contribution in [0.15, 0.2) is 17.8 Å². The predicted molar refractivity (Wildman–Crippen MR) is 57.7 cm³/mol. The fourth-order valence-corrected chi connectivity index (χ4v) is 1.94. The summed E-state index contributed by atoms with van der Waals surface area (Å²) in [5.74, 6) is 0. The van der Waals surface area contributed by atoms with E-state index in [1.165, 1.54) is 0 Å². The van der Waals surface area contributed by atoms with Crippen LogP contribution in [-0.2, 0) is 13.6 Å². The molecule has 0 spiro atoms. The molecule has 2 rings (SSSR count).